The zero-order chi connectivity index (χ0) is 8.48. The Balaban J connectivity index is 3.14. The van der Waals surface area contributed by atoms with Gasteiger partial charge in [0, 0.05) is 11.3 Å². The Labute approximate surface area is 70.2 Å². The van der Waals surface area contributed by atoms with Crippen LogP contribution in [0.5, 0.6) is 0 Å². The summed E-state index contributed by atoms with van der Waals surface area (Å²) in [4.78, 5) is -0.0718. The van der Waals surface area contributed by atoms with Crippen LogP contribution in [0.2, 0.25) is 0 Å². The number of allylic oxidation sites excluding steroid dienone is 4. The fourth-order valence-electron chi connectivity index (χ4n) is 0.747. The quantitative estimate of drug-likeness (QED) is 0.577. The van der Waals surface area contributed by atoms with E-state index in [0.717, 1.165) is 0 Å². The van der Waals surface area contributed by atoms with E-state index in [-0.39, 0.29) is 9.77 Å². The van der Waals surface area contributed by atoms with E-state index in [0.29, 0.717) is 6.42 Å². The molecule has 0 amide bonds. The topological polar surface area (TPSA) is 54.0 Å². The van der Waals surface area contributed by atoms with Gasteiger partial charge in [0.05, 0.1) is 0 Å². The van der Waals surface area contributed by atoms with E-state index in [2.05, 4.69) is 12.2 Å². The van der Waals surface area contributed by atoms with Crippen LogP contribution in [-0.4, -0.2) is 13.3 Å². The monoisotopic (exact) mass is 189 g/mol. The highest BCUT2D eigenvalue weighted by Crippen LogP contribution is 2.15. The van der Waals surface area contributed by atoms with Gasteiger partial charge < -0.3 is 0 Å². The predicted molar refractivity (Wildman–Crippen MR) is 44.0 cm³/mol. The molecule has 0 N–H and O–H groups in total. The maximum atomic E-state index is 10.5. The van der Waals surface area contributed by atoms with Gasteiger partial charge in [-0.15, -0.1) is 0 Å². The van der Waals surface area contributed by atoms with Crippen molar-refractivity contribution in [2.24, 2.45) is 0 Å². The van der Waals surface area contributed by atoms with Crippen molar-refractivity contribution in [3.63, 3.8) is 0 Å². The first-order valence-corrected chi connectivity index (χ1v) is 4.69. The van der Waals surface area contributed by atoms with Gasteiger partial charge in [-0.05, 0) is 6.08 Å². The number of hydrogen-bond donors (Lipinski definition) is 0. The van der Waals surface area contributed by atoms with Gasteiger partial charge in [0.25, 0.3) is 0 Å². The van der Waals surface area contributed by atoms with Crippen molar-refractivity contribution in [2.45, 2.75) is 6.42 Å². The van der Waals surface area contributed by atoms with Gasteiger partial charge in [-0.3, -0.25) is 0 Å². The number of hydrogen-bond acceptors (Lipinski definition) is 3. The smallest absolute Gasteiger partial charge is 0.191 e. The maximum Gasteiger partial charge on any atom is 0.325 e. The summed E-state index contributed by atoms with van der Waals surface area (Å²) in [5.74, 6) is 0. The molecule has 1 aliphatic carbocycles. The largest absolute Gasteiger partial charge is 0.325 e. The molecule has 5 heteroatoms. The lowest BCUT2D eigenvalue weighted by Crippen LogP contribution is -2.10. The van der Waals surface area contributed by atoms with Crippen LogP contribution in [0.1, 0.15) is 6.42 Å². The summed E-state index contributed by atoms with van der Waals surface area (Å²) in [6.07, 6.45) is 4.81. The van der Waals surface area contributed by atoms with Gasteiger partial charge in [0.15, 0.2) is 0 Å². The van der Waals surface area contributed by atoms with Crippen molar-refractivity contribution in [3.8, 4) is 0 Å². The van der Waals surface area contributed by atoms with E-state index < -0.39 is 10.1 Å². The lowest BCUT2D eigenvalue weighted by atomic mass is 10.2. The van der Waals surface area contributed by atoms with Crippen molar-refractivity contribution in [1.82, 2.24) is 0 Å². The fourth-order valence-corrected chi connectivity index (χ4v) is 1.82. The molecule has 0 aliphatic heterocycles. The second kappa shape index (κ2) is 2.84. The Kier molecular flexibility index (Phi) is 2.22. The Morgan fingerprint density at radius 2 is 2.09 bits per heavy atom. The third-order valence-electron chi connectivity index (χ3n) is 1.23. The molecule has 11 heavy (non-hydrogen) atoms. The van der Waals surface area contributed by atoms with Gasteiger partial charge in [-0.1, -0.05) is 28.9 Å². The summed E-state index contributed by atoms with van der Waals surface area (Å²) in [6, 6.07) is 0. The van der Waals surface area contributed by atoms with Crippen LogP contribution < -0.4 is 0 Å². The molecule has 1 rings (SSSR count). The normalized spacial score (nSPS) is 18.3. The molecule has 0 bridgehead atoms. The summed E-state index contributed by atoms with van der Waals surface area (Å²) in [6.45, 7) is 0. The molecule has 0 aromatic rings. The van der Waals surface area contributed by atoms with Gasteiger partial charge >= 0.3 is 10.1 Å². The number of thiocarbonyl (C=S) groups is 1. The van der Waals surface area contributed by atoms with Crippen LogP contribution in [0.3, 0.4) is 0 Å². The van der Waals surface area contributed by atoms with Crippen LogP contribution in [-0.2, 0) is 14.7 Å². The first kappa shape index (κ1) is 8.58. The highest BCUT2D eigenvalue weighted by atomic mass is 32.2. The molecule has 0 saturated carbocycles. The zero-order valence-electron chi connectivity index (χ0n) is 5.48. The van der Waals surface area contributed by atoms with Crippen molar-refractivity contribution in [1.29, 1.82) is 0 Å². The lowest BCUT2D eigenvalue weighted by Gasteiger charge is -2.04. The van der Waals surface area contributed by atoms with E-state index >= 15 is 0 Å². The van der Waals surface area contributed by atoms with Crippen LogP contribution in [0.25, 0.3) is 0 Å². The fraction of sp³-hybridized carbons (Fsp3) is 0.167. The van der Waals surface area contributed by atoms with E-state index in [1.807, 2.05) is 0 Å². The molecule has 59 valence electrons. The Hall–Kier alpha value is -0.520. The molecule has 0 fully saturated rings. The van der Waals surface area contributed by atoms with E-state index in [1.165, 1.54) is 12.2 Å². The van der Waals surface area contributed by atoms with E-state index in [9.17, 15) is 13.0 Å². The lowest BCUT2D eigenvalue weighted by molar-refractivity contribution is 0.423. The molecule has 0 unspecified atom stereocenters. The van der Waals surface area contributed by atoms with Crippen LogP contribution >= 0.6 is 12.2 Å². The van der Waals surface area contributed by atoms with Gasteiger partial charge in [-0.25, -0.2) is 0 Å². The maximum absolute atomic E-state index is 10.5. The molecule has 1 aliphatic rings. The third-order valence-corrected chi connectivity index (χ3v) is 2.67. The molecule has 0 aromatic heterocycles. The summed E-state index contributed by atoms with van der Waals surface area (Å²) in [7, 11) is -4.36. The SMILES string of the molecule is [O]S(=O)(=O)C1=CC=CCC1=S. The third kappa shape index (κ3) is 1.95. The van der Waals surface area contributed by atoms with Crippen LogP contribution in [0.4, 0.5) is 0 Å². The summed E-state index contributed by atoms with van der Waals surface area (Å²) in [5.41, 5.74) is 0. The minimum atomic E-state index is -4.36. The Morgan fingerprint density at radius 1 is 1.45 bits per heavy atom. The molecule has 0 heterocycles. The minimum absolute atomic E-state index is 0.197. The first-order chi connectivity index (χ1) is 5.02. The van der Waals surface area contributed by atoms with E-state index in [1.54, 1.807) is 6.08 Å². The Morgan fingerprint density at radius 3 is 2.45 bits per heavy atom. The molecule has 0 atom stereocenters. The summed E-state index contributed by atoms with van der Waals surface area (Å²) in [5, 5.41) is 0. The average Bonchev–Trinajstić information content (AvgIpc) is 1.86. The van der Waals surface area contributed by atoms with Crippen LogP contribution in [0, 0.1) is 0 Å². The molecule has 1 radical (unpaired) electrons. The zero-order valence-corrected chi connectivity index (χ0v) is 7.11. The molecule has 0 aromatic carbocycles. The minimum Gasteiger partial charge on any atom is -0.191 e. The van der Waals surface area contributed by atoms with Crippen molar-refractivity contribution >= 4 is 27.2 Å². The van der Waals surface area contributed by atoms with Crippen LogP contribution in [0.15, 0.2) is 23.1 Å². The average molecular weight is 189 g/mol. The highest BCUT2D eigenvalue weighted by Gasteiger charge is 2.20. The second-order valence-corrected chi connectivity index (χ2v) is 3.88. The second-order valence-electron chi connectivity index (χ2n) is 2.04. The van der Waals surface area contributed by atoms with Gasteiger partial charge in [0.1, 0.15) is 4.91 Å². The van der Waals surface area contributed by atoms with Crippen molar-refractivity contribution in [3.05, 3.63) is 23.1 Å². The molecule has 3 nitrogen and oxygen atoms in total. The van der Waals surface area contributed by atoms with Crippen molar-refractivity contribution < 1.29 is 13.0 Å². The summed E-state index contributed by atoms with van der Waals surface area (Å²) < 4.78 is 31.4. The van der Waals surface area contributed by atoms with Gasteiger partial charge in [0.2, 0.25) is 0 Å². The predicted octanol–water partition coefficient (Wildman–Crippen LogP) is 0.960. The van der Waals surface area contributed by atoms with E-state index in [4.69, 9.17) is 0 Å². The van der Waals surface area contributed by atoms with Gasteiger partial charge in [-0.2, -0.15) is 8.42 Å². The standard InChI is InChI=1S/C6H5O3S2/c7-11(8,9)6-4-2-1-3-5(6)10/h1-2,4H,3H2. The molecule has 0 spiro atoms. The molecular weight excluding hydrogens is 184 g/mol. The molecule has 0 saturated heterocycles. The highest BCUT2D eigenvalue weighted by molar-refractivity contribution is 7.93. The number of rotatable bonds is 1. The van der Waals surface area contributed by atoms with Crippen molar-refractivity contribution in [2.75, 3.05) is 0 Å². The Bertz CT molecular complexity index is 335. The first-order valence-electron chi connectivity index (χ1n) is 2.88. The molecular formula is C6H5O3S2. The summed E-state index contributed by atoms with van der Waals surface area (Å²) >= 11 is 4.68.